The van der Waals surface area contributed by atoms with Crippen molar-refractivity contribution in [2.24, 2.45) is 11.3 Å². The minimum atomic E-state index is -1.60. The highest BCUT2D eigenvalue weighted by Gasteiger charge is 2.76. The number of benzene rings is 1. The highest BCUT2D eigenvalue weighted by molar-refractivity contribution is 5.96. The lowest BCUT2D eigenvalue weighted by atomic mass is 9.62. The van der Waals surface area contributed by atoms with Gasteiger partial charge in [-0.3, -0.25) is 24.0 Å². The monoisotopic (exact) mass is 882 g/mol. The number of rotatable bonds is 21. The van der Waals surface area contributed by atoms with Crippen molar-refractivity contribution in [1.82, 2.24) is 15.7 Å². The van der Waals surface area contributed by atoms with Crippen LogP contribution in [0.3, 0.4) is 0 Å². The van der Waals surface area contributed by atoms with Gasteiger partial charge >= 0.3 is 11.9 Å². The first-order valence-corrected chi connectivity index (χ1v) is 23.6. The molecular weight excluding hydrogens is 811 g/mol. The van der Waals surface area contributed by atoms with Gasteiger partial charge in [-0.25, -0.2) is 0 Å². The predicted octanol–water partition coefficient (Wildman–Crippen LogP) is 5.17. The highest BCUT2D eigenvalue weighted by atomic mass is 16.8. The number of ether oxygens (including phenoxy) is 5. The number of nitrogens with zero attached hydrogens (tertiary/aromatic N) is 1. The molecule has 4 N–H and O–H groups in total. The molecule has 4 heterocycles. The largest absolute Gasteiger partial charge is 0.460 e. The summed E-state index contributed by atoms with van der Waals surface area (Å²) in [6.07, 6.45) is 10.9. The standard InChI is InChI=1S/C48H71N3O12/c1-7-9-11-23-47(24-12-10-8-2)61-39-36-26-48(45(57)50-38(29(3)53)43(55)49-33(28-52)20-22-37(54)60-46(4,5)6)41(44(56)59-36)51(63-42(48)40(39)62-47)27-32-17-14-30(15-18-32)13-16-31-19-21-34-35(25-31)58-34/h13-18,29,31,33-36,38-42,52-53H,7-12,19-28H2,1-6H3,(H,49,55)(H,50,57)/t29-,31?,33-,34?,35?,36+,38+,39-,40-,41+,42+,48+/m0/s1. The third kappa shape index (κ3) is 10.8. The Morgan fingerprint density at radius 3 is 2.30 bits per heavy atom. The van der Waals surface area contributed by atoms with Crippen molar-refractivity contribution in [1.29, 1.82) is 0 Å². The average Bonchev–Trinajstić information content (AvgIpc) is 3.78. The lowest BCUT2D eigenvalue weighted by Crippen LogP contribution is -2.71. The lowest BCUT2D eigenvalue weighted by Gasteiger charge is -2.49. The molecule has 12 atom stereocenters. The molecule has 1 aromatic carbocycles. The van der Waals surface area contributed by atoms with Crippen LogP contribution in [0.2, 0.25) is 0 Å². The summed E-state index contributed by atoms with van der Waals surface area (Å²) in [5, 5.41) is 28.2. The number of allylic oxidation sites excluding steroid dienone is 1. The molecule has 3 unspecified atom stereocenters. The van der Waals surface area contributed by atoms with E-state index < -0.39 is 95.8 Å². The number of epoxide rings is 1. The van der Waals surface area contributed by atoms with Crippen LogP contribution < -0.4 is 10.6 Å². The fourth-order valence-corrected chi connectivity index (χ4v) is 10.3. The van der Waals surface area contributed by atoms with Gasteiger partial charge in [-0.15, -0.1) is 0 Å². The fourth-order valence-electron chi connectivity index (χ4n) is 10.3. The van der Waals surface area contributed by atoms with Gasteiger partial charge in [0.15, 0.2) is 11.8 Å². The van der Waals surface area contributed by atoms with E-state index in [1.54, 1.807) is 20.8 Å². The SMILES string of the molecule is CCCCCC1(CCCCC)O[C@@H]2[C@H](O1)[C@H]1ON(Cc3ccc(C=CC4CCC5OC5C4)cc3)[C@@H]3C(=O)O[C@@H]2C[C@]13C(=O)N[C@@H](C(=O)N[C@H](CO)CCC(=O)OC(C)(C)C)[C@H](C)O. The number of hydrogen-bond acceptors (Lipinski definition) is 13. The summed E-state index contributed by atoms with van der Waals surface area (Å²) in [6, 6.07) is 4.44. The van der Waals surface area contributed by atoms with Gasteiger partial charge in [0.2, 0.25) is 11.8 Å². The summed E-state index contributed by atoms with van der Waals surface area (Å²) in [5.74, 6) is -3.03. The van der Waals surface area contributed by atoms with Crippen LogP contribution in [0.4, 0.5) is 0 Å². The number of aliphatic hydroxyl groups excluding tert-OH is 2. The Morgan fingerprint density at radius 1 is 0.968 bits per heavy atom. The number of esters is 2. The van der Waals surface area contributed by atoms with Crippen molar-refractivity contribution in [2.75, 3.05) is 6.61 Å². The van der Waals surface area contributed by atoms with E-state index in [9.17, 15) is 24.6 Å². The fraction of sp³-hybridized carbons (Fsp3) is 0.750. The van der Waals surface area contributed by atoms with Gasteiger partial charge in [0.25, 0.3) is 0 Å². The first-order chi connectivity index (χ1) is 30.1. The van der Waals surface area contributed by atoms with Crippen LogP contribution in [0.1, 0.15) is 143 Å². The van der Waals surface area contributed by atoms with E-state index in [2.05, 4.69) is 36.6 Å². The number of carbonyl (C=O) groups is 4. The van der Waals surface area contributed by atoms with E-state index in [-0.39, 0.29) is 25.8 Å². The molecule has 0 spiro atoms. The number of fused-ring (bicyclic) bond motifs is 5. The van der Waals surface area contributed by atoms with Crippen molar-refractivity contribution in [3.05, 3.63) is 41.5 Å². The summed E-state index contributed by atoms with van der Waals surface area (Å²) in [5.41, 5.74) is -0.408. The second-order valence-electron chi connectivity index (χ2n) is 19.8. The van der Waals surface area contributed by atoms with Crippen LogP contribution in [0.25, 0.3) is 6.08 Å². The molecule has 0 radical (unpaired) electrons. The molecule has 63 heavy (non-hydrogen) atoms. The van der Waals surface area contributed by atoms with Crippen molar-refractivity contribution in [3.8, 4) is 0 Å². The van der Waals surface area contributed by atoms with Crippen molar-refractivity contribution in [3.63, 3.8) is 0 Å². The molecule has 2 bridgehead atoms. The molecule has 4 aliphatic heterocycles. The lowest BCUT2D eigenvalue weighted by molar-refractivity contribution is -0.224. The Labute approximate surface area is 372 Å². The number of unbranched alkanes of at least 4 members (excludes halogenated alkanes) is 4. The molecule has 2 saturated carbocycles. The van der Waals surface area contributed by atoms with Gasteiger partial charge in [0, 0.05) is 25.7 Å². The first-order valence-electron chi connectivity index (χ1n) is 23.6. The van der Waals surface area contributed by atoms with E-state index in [1.165, 1.54) is 12.0 Å². The molecule has 6 fully saturated rings. The van der Waals surface area contributed by atoms with Crippen LogP contribution in [0, 0.1) is 11.3 Å². The topological polar surface area (TPSA) is 195 Å². The van der Waals surface area contributed by atoms with Gasteiger partial charge in [-0.05, 0) is 83.3 Å². The maximum Gasteiger partial charge on any atom is 0.327 e. The second kappa shape index (κ2) is 20.0. The van der Waals surface area contributed by atoms with E-state index in [0.717, 1.165) is 68.9 Å². The minimum Gasteiger partial charge on any atom is -0.460 e. The quantitative estimate of drug-likeness (QED) is 0.0719. The minimum absolute atomic E-state index is 0.0434. The molecule has 7 rings (SSSR count). The van der Waals surface area contributed by atoms with Gasteiger partial charge in [-0.1, -0.05) is 75.9 Å². The van der Waals surface area contributed by atoms with Gasteiger partial charge in [0.05, 0.1) is 37.5 Å². The molecule has 4 saturated heterocycles. The number of nitrogens with one attached hydrogen (secondary N) is 2. The van der Waals surface area contributed by atoms with E-state index in [1.807, 2.05) is 24.3 Å². The van der Waals surface area contributed by atoms with Crippen molar-refractivity contribution < 1.29 is 57.9 Å². The Morgan fingerprint density at radius 2 is 1.67 bits per heavy atom. The Hall–Kier alpha value is -3.44. The maximum atomic E-state index is 15.2. The van der Waals surface area contributed by atoms with Crippen LogP contribution in [0.5, 0.6) is 0 Å². The molecule has 1 aromatic rings. The van der Waals surface area contributed by atoms with E-state index in [4.69, 9.17) is 28.5 Å². The van der Waals surface area contributed by atoms with E-state index >= 15 is 4.79 Å². The Balaban J connectivity index is 1.14. The molecule has 2 amide bonds. The molecule has 15 heteroatoms. The van der Waals surface area contributed by atoms with Gasteiger partial charge in [0.1, 0.15) is 41.5 Å². The second-order valence-corrected chi connectivity index (χ2v) is 19.8. The van der Waals surface area contributed by atoms with Crippen molar-refractivity contribution >= 4 is 29.8 Å². The molecule has 350 valence electrons. The first kappa shape index (κ1) is 47.5. The number of hydrogen-bond donors (Lipinski definition) is 4. The van der Waals surface area contributed by atoms with Gasteiger partial charge < -0.3 is 44.5 Å². The zero-order chi connectivity index (χ0) is 45.1. The third-order valence-corrected chi connectivity index (χ3v) is 13.7. The Kier molecular flexibility index (Phi) is 15.1. The average molecular weight is 882 g/mol. The summed E-state index contributed by atoms with van der Waals surface area (Å²) in [4.78, 5) is 62.6. The van der Waals surface area contributed by atoms with E-state index in [0.29, 0.717) is 31.0 Å². The smallest absolute Gasteiger partial charge is 0.327 e. The zero-order valence-corrected chi connectivity index (χ0v) is 38.1. The molecular formula is C48H71N3O12. The number of amides is 2. The summed E-state index contributed by atoms with van der Waals surface area (Å²) in [6.45, 7) is 10.6. The van der Waals surface area contributed by atoms with Crippen LogP contribution in [-0.4, -0.2) is 118 Å². The molecule has 15 nitrogen and oxygen atoms in total. The maximum absolute atomic E-state index is 15.2. The summed E-state index contributed by atoms with van der Waals surface area (Å²) >= 11 is 0. The summed E-state index contributed by atoms with van der Waals surface area (Å²) < 4.78 is 31.2. The highest BCUT2D eigenvalue weighted by Crippen LogP contribution is 2.58. The molecule has 6 aliphatic rings. The Bertz CT molecular complexity index is 1790. The third-order valence-electron chi connectivity index (χ3n) is 13.7. The number of aliphatic hydroxyl groups is 2. The summed E-state index contributed by atoms with van der Waals surface area (Å²) in [7, 11) is 0. The predicted molar refractivity (Wildman–Crippen MR) is 231 cm³/mol. The van der Waals surface area contributed by atoms with Crippen LogP contribution >= 0.6 is 0 Å². The zero-order valence-electron chi connectivity index (χ0n) is 38.1. The van der Waals surface area contributed by atoms with Crippen LogP contribution in [-0.2, 0) is 54.2 Å². The number of carbonyl (C=O) groups excluding carboxylic acids is 4. The number of hydroxylamine groups is 2. The molecule has 2 aliphatic carbocycles. The van der Waals surface area contributed by atoms with Gasteiger partial charge in [-0.2, -0.15) is 5.06 Å². The van der Waals surface area contributed by atoms with Crippen LogP contribution in [0.15, 0.2) is 30.3 Å². The van der Waals surface area contributed by atoms with Crippen molar-refractivity contribution in [2.45, 2.75) is 210 Å². The molecule has 0 aromatic heterocycles. The normalized spacial score (nSPS) is 32.0.